The lowest BCUT2D eigenvalue weighted by Gasteiger charge is -2.36. The summed E-state index contributed by atoms with van der Waals surface area (Å²) in [5.74, 6) is -0.126. The normalized spacial score (nSPS) is 17.1. The maximum absolute atomic E-state index is 13.5. The zero-order valence-corrected chi connectivity index (χ0v) is 16.9. The van der Waals surface area contributed by atoms with Gasteiger partial charge in [0.15, 0.2) is 6.61 Å². The van der Waals surface area contributed by atoms with E-state index in [2.05, 4.69) is 5.32 Å². The van der Waals surface area contributed by atoms with Gasteiger partial charge < -0.3 is 19.5 Å². The second-order valence-electron chi connectivity index (χ2n) is 6.81. The summed E-state index contributed by atoms with van der Waals surface area (Å²) in [6, 6.07) is 9.19. The topological polar surface area (TPSA) is 94.2 Å². The minimum absolute atomic E-state index is 0.0214. The van der Waals surface area contributed by atoms with Crippen LogP contribution in [0, 0.1) is 0 Å². The molecule has 0 saturated heterocycles. The van der Waals surface area contributed by atoms with E-state index in [1.165, 1.54) is 4.90 Å². The standard InChI is InChI=1S/C21H19ClN2O6/c1-2-28-20(26)9-14-10-29-18-8-13(22)4-5-16(18)24(14)21(27)12-3-6-17-15(7-12)23-19(25)11-30-17/h3-8,14H,2,9-11H2,1H3,(H,23,25)/t14-/m0/s1. The average Bonchev–Trinajstić information content (AvgIpc) is 2.72. The number of esters is 1. The molecule has 1 N–H and O–H groups in total. The van der Waals surface area contributed by atoms with Gasteiger partial charge in [0, 0.05) is 16.7 Å². The zero-order valence-electron chi connectivity index (χ0n) is 16.1. The highest BCUT2D eigenvalue weighted by Crippen LogP contribution is 2.38. The summed E-state index contributed by atoms with van der Waals surface area (Å²) in [4.78, 5) is 38.7. The first kappa shape index (κ1) is 20.0. The Hall–Kier alpha value is -3.26. The van der Waals surface area contributed by atoms with Gasteiger partial charge in [0.2, 0.25) is 0 Å². The van der Waals surface area contributed by atoms with Gasteiger partial charge in [-0.1, -0.05) is 11.6 Å². The maximum atomic E-state index is 13.5. The molecule has 0 saturated carbocycles. The molecule has 0 radical (unpaired) electrons. The van der Waals surface area contributed by atoms with Crippen LogP contribution < -0.4 is 19.7 Å². The molecule has 0 spiro atoms. The van der Waals surface area contributed by atoms with Crippen molar-refractivity contribution in [2.45, 2.75) is 19.4 Å². The molecule has 2 heterocycles. The van der Waals surface area contributed by atoms with Crippen molar-refractivity contribution in [2.24, 2.45) is 0 Å². The first-order chi connectivity index (χ1) is 14.5. The number of nitrogens with one attached hydrogen (secondary N) is 1. The lowest BCUT2D eigenvalue weighted by atomic mass is 10.0. The summed E-state index contributed by atoms with van der Waals surface area (Å²) >= 11 is 6.06. The molecule has 8 nitrogen and oxygen atoms in total. The number of ether oxygens (including phenoxy) is 3. The Labute approximate surface area is 177 Å². The number of fused-ring (bicyclic) bond motifs is 2. The Morgan fingerprint density at radius 1 is 1.20 bits per heavy atom. The van der Waals surface area contributed by atoms with Gasteiger partial charge >= 0.3 is 5.97 Å². The fourth-order valence-corrected chi connectivity index (χ4v) is 3.61. The van der Waals surface area contributed by atoms with Crippen LogP contribution in [0.5, 0.6) is 11.5 Å². The van der Waals surface area contributed by atoms with Crippen LogP contribution in [-0.2, 0) is 14.3 Å². The van der Waals surface area contributed by atoms with Crippen molar-refractivity contribution in [3.8, 4) is 11.5 Å². The van der Waals surface area contributed by atoms with Crippen molar-refractivity contribution >= 4 is 40.8 Å². The van der Waals surface area contributed by atoms with E-state index in [1.807, 2.05) is 0 Å². The lowest BCUT2D eigenvalue weighted by molar-refractivity contribution is -0.143. The minimum atomic E-state index is -0.563. The van der Waals surface area contributed by atoms with Crippen molar-refractivity contribution < 1.29 is 28.6 Å². The summed E-state index contributed by atoms with van der Waals surface area (Å²) < 4.78 is 16.2. The monoisotopic (exact) mass is 430 g/mol. The molecule has 156 valence electrons. The van der Waals surface area contributed by atoms with E-state index in [4.69, 9.17) is 25.8 Å². The van der Waals surface area contributed by atoms with Gasteiger partial charge in [0.05, 0.1) is 30.4 Å². The molecule has 2 amide bonds. The van der Waals surface area contributed by atoms with Crippen molar-refractivity contribution in [3.63, 3.8) is 0 Å². The number of hydrogen-bond acceptors (Lipinski definition) is 6. The number of rotatable bonds is 4. The highest BCUT2D eigenvalue weighted by atomic mass is 35.5. The quantitative estimate of drug-likeness (QED) is 0.749. The van der Waals surface area contributed by atoms with Crippen LogP contribution in [0.25, 0.3) is 0 Å². The molecule has 1 atom stereocenters. The van der Waals surface area contributed by atoms with Crippen LogP contribution in [0.3, 0.4) is 0 Å². The molecular formula is C21H19ClN2O6. The van der Waals surface area contributed by atoms with Gasteiger partial charge in [-0.3, -0.25) is 19.3 Å². The van der Waals surface area contributed by atoms with Gasteiger partial charge in [-0.15, -0.1) is 0 Å². The third-order valence-corrected chi connectivity index (χ3v) is 5.00. The van der Waals surface area contributed by atoms with Crippen LogP contribution in [0.1, 0.15) is 23.7 Å². The van der Waals surface area contributed by atoms with E-state index in [-0.39, 0.29) is 38.1 Å². The largest absolute Gasteiger partial charge is 0.489 e. The van der Waals surface area contributed by atoms with Crippen LogP contribution in [-0.4, -0.2) is 43.6 Å². The Balaban J connectivity index is 1.70. The summed E-state index contributed by atoms with van der Waals surface area (Å²) in [5, 5.41) is 3.16. The highest BCUT2D eigenvalue weighted by molar-refractivity contribution is 6.31. The zero-order chi connectivity index (χ0) is 21.3. The number of hydrogen-bond donors (Lipinski definition) is 1. The second-order valence-corrected chi connectivity index (χ2v) is 7.25. The Kier molecular flexibility index (Phi) is 5.50. The highest BCUT2D eigenvalue weighted by Gasteiger charge is 2.35. The molecule has 4 rings (SSSR count). The predicted molar refractivity (Wildman–Crippen MR) is 109 cm³/mol. The van der Waals surface area contributed by atoms with Crippen LogP contribution in [0.15, 0.2) is 36.4 Å². The number of carbonyl (C=O) groups is 3. The lowest BCUT2D eigenvalue weighted by Crippen LogP contribution is -2.48. The molecule has 30 heavy (non-hydrogen) atoms. The molecule has 0 bridgehead atoms. The summed E-state index contributed by atoms with van der Waals surface area (Å²) in [5.41, 5.74) is 1.25. The second kappa shape index (κ2) is 8.23. The summed E-state index contributed by atoms with van der Waals surface area (Å²) in [6.45, 7) is 2.01. The maximum Gasteiger partial charge on any atom is 0.308 e. The van der Waals surface area contributed by atoms with Gasteiger partial charge in [0.25, 0.3) is 11.8 Å². The fourth-order valence-electron chi connectivity index (χ4n) is 3.45. The van der Waals surface area contributed by atoms with Crippen LogP contribution >= 0.6 is 11.6 Å². The molecule has 9 heteroatoms. The van der Waals surface area contributed by atoms with Gasteiger partial charge in [-0.05, 0) is 37.3 Å². The molecule has 0 aromatic heterocycles. The smallest absolute Gasteiger partial charge is 0.308 e. The first-order valence-electron chi connectivity index (χ1n) is 9.44. The number of anilines is 2. The molecule has 2 aliphatic rings. The molecular weight excluding hydrogens is 412 g/mol. The number of carbonyl (C=O) groups excluding carboxylic acids is 3. The summed E-state index contributed by atoms with van der Waals surface area (Å²) in [6.07, 6.45) is -0.0214. The first-order valence-corrected chi connectivity index (χ1v) is 9.82. The van der Waals surface area contributed by atoms with Crippen LogP contribution in [0.2, 0.25) is 5.02 Å². The number of nitrogens with zero attached hydrogens (tertiary/aromatic N) is 1. The number of amides is 2. The van der Waals surface area contributed by atoms with Crippen LogP contribution in [0.4, 0.5) is 11.4 Å². The molecule has 0 fully saturated rings. The molecule has 0 unspecified atom stereocenters. The fraction of sp³-hybridized carbons (Fsp3) is 0.286. The van der Waals surface area contributed by atoms with Gasteiger partial charge in [-0.2, -0.15) is 0 Å². The van der Waals surface area contributed by atoms with Crippen molar-refractivity contribution in [2.75, 3.05) is 30.0 Å². The van der Waals surface area contributed by atoms with Gasteiger partial charge in [0.1, 0.15) is 18.1 Å². The van der Waals surface area contributed by atoms with E-state index < -0.39 is 12.0 Å². The SMILES string of the molecule is CCOC(=O)C[C@H]1COc2cc(Cl)ccc2N1C(=O)c1ccc2c(c1)NC(=O)CO2. The summed E-state index contributed by atoms with van der Waals surface area (Å²) in [7, 11) is 0. The van der Waals surface area contributed by atoms with E-state index in [9.17, 15) is 14.4 Å². The van der Waals surface area contributed by atoms with E-state index >= 15 is 0 Å². The van der Waals surface area contributed by atoms with Crippen molar-refractivity contribution in [1.82, 2.24) is 0 Å². The number of halogens is 1. The predicted octanol–water partition coefficient (Wildman–Crippen LogP) is 3.03. The molecule has 2 aromatic rings. The number of benzene rings is 2. The van der Waals surface area contributed by atoms with Crippen molar-refractivity contribution in [1.29, 1.82) is 0 Å². The molecule has 2 aliphatic heterocycles. The Morgan fingerprint density at radius 2 is 2.03 bits per heavy atom. The minimum Gasteiger partial charge on any atom is -0.489 e. The molecule has 0 aliphatic carbocycles. The third-order valence-electron chi connectivity index (χ3n) is 4.76. The van der Waals surface area contributed by atoms with E-state index in [0.29, 0.717) is 33.5 Å². The molecule has 2 aromatic carbocycles. The van der Waals surface area contributed by atoms with E-state index in [1.54, 1.807) is 43.3 Å². The van der Waals surface area contributed by atoms with Crippen molar-refractivity contribution in [3.05, 3.63) is 47.0 Å². The Morgan fingerprint density at radius 3 is 2.83 bits per heavy atom. The Bertz CT molecular complexity index is 1020. The van der Waals surface area contributed by atoms with Gasteiger partial charge in [-0.25, -0.2) is 0 Å². The van der Waals surface area contributed by atoms with E-state index in [0.717, 1.165) is 0 Å². The average molecular weight is 431 g/mol. The third kappa shape index (κ3) is 3.91.